The Morgan fingerprint density at radius 2 is 1.69 bits per heavy atom. The Morgan fingerprint density at radius 3 is 2.44 bits per heavy atom. The van der Waals surface area contributed by atoms with Crippen LogP contribution in [-0.2, 0) is 15.0 Å². The molecule has 180 valence electrons. The van der Waals surface area contributed by atoms with Gasteiger partial charge in [-0.15, -0.1) is 0 Å². The third kappa shape index (κ3) is 3.06. The van der Waals surface area contributed by atoms with E-state index in [0.717, 1.165) is 11.3 Å². The molecule has 0 radical (unpaired) electrons. The molecule has 0 aliphatic carbocycles. The SMILES string of the molecule is CC(=O)[C@@H]1[C@H](C(=O)c2ccc(Cl)cc2Cl)[C@@]2(C(=O)Nc3ccccc32)[C@@H]2C=Cc3cc(Cl)ccc3N12. The second-order valence-electron chi connectivity index (χ2n) is 9.30. The van der Waals surface area contributed by atoms with E-state index in [1.54, 1.807) is 24.3 Å². The molecule has 1 amide bonds. The van der Waals surface area contributed by atoms with Gasteiger partial charge in [-0.3, -0.25) is 14.4 Å². The van der Waals surface area contributed by atoms with Gasteiger partial charge in [-0.05, 0) is 60.5 Å². The molecule has 0 bridgehead atoms. The largest absolute Gasteiger partial charge is 0.352 e. The number of amides is 1. The van der Waals surface area contributed by atoms with Gasteiger partial charge in [0.1, 0.15) is 5.41 Å². The molecule has 5 nitrogen and oxygen atoms in total. The number of nitrogens with zero attached hydrogens (tertiary/aromatic N) is 1. The van der Waals surface area contributed by atoms with Crippen LogP contribution in [0.3, 0.4) is 0 Å². The molecule has 1 N–H and O–H groups in total. The highest BCUT2D eigenvalue weighted by atomic mass is 35.5. The lowest BCUT2D eigenvalue weighted by molar-refractivity contribution is -0.122. The van der Waals surface area contributed by atoms with Crippen molar-refractivity contribution in [2.24, 2.45) is 5.92 Å². The molecule has 1 spiro atoms. The summed E-state index contributed by atoms with van der Waals surface area (Å²) in [6, 6.07) is 15.8. The Labute approximate surface area is 222 Å². The number of nitrogens with one attached hydrogen (secondary N) is 1. The monoisotopic (exact) mass is 536 g/mol. The number of carbonyl (C=O) groups is 3. The van der Waals surface area contributed by atoms with Gasteiger partial charge in [-0.25, -0.2) is 0 Å². The van der Waals surface area contributed by atoms with E-state index in [1.807, 2.05) is 47.4 Å². The van der Waals surface area contributed by atoms with Gasteiger partial charge < -0.3 is 10.2 Å². The molecule has 0 aromatic heterocycles. The zero-order valence-electron chi connectivity index (χ0n) is 19.0. The van der Waals surface area contributed by atoms with Crippen LogP contribution in [0.4, 0.5) is 11.4 Å². The highest BCUT2D eigenvalue weighted by Crippen LogP contribution is 2.58. The molecular formula is C28H19Cl3N2O3. The highest BCUT2D eigenvalue weighted by Gasteiger charge is 2.69. The van der Waals surface area contributed by atoms with Crippen LogP contribution in [0.5, 0.6) is 0 Å². The standard InChI is InChI=1S/C28H19Cl3N2O3/c1-14(34)25-24(26(35)18-9-7-17(30)13-20(18)31)28(19-4-2-3-5-21(19)32-27(28)36)23-11-6-15-12-16(29)8-10-22(15)33(23)25/h2-13,23-25H,1H3,(H,32,36)/t23-,24+,25+,28-/m0/s1. The summed E-state index contributed by atoms with van der Waals surface area (Å²) in [5.74, 6) is -1.99. The first kappa shape index (κ1) is 23.3. The van der Waals surface area contributed by atoms with Crippen LogP contribution in [0.1, 0.15) is 28.4 Å². The quantitative estimate of drug-likeness (QED) is 0.404. The lowest BCUT2D eigenvalue weighted by atomic mass is 9.64. The maximum absolute atomic E-state index is 14.4. The number of carbonyl (C=O) groups excluding carboxylic acids is 3. The van der Waals surface area contributed by atoms with Crippen LogP contribution in [-0.4, -0.2) is 29.6 Å². The first-order valence-corrected chi connectivity index (χ1v) is 12.6. The minimum atomic E-state index is -1.36. The molecule has 8 heteroatoms. The van der Waals surface area contributed by atoms with Gasteiger partial charge in [0, 0.05) is 27.0 Å². The van der Waals surface area contributed by atoms with Gasteiger partial charge in [-0.2, -0.15) is 0 Å². The zero-order chi connectivity index (χ0) is 25.4. The molecule has 3 aromatic rings. The molecular weight excluding hydrogens is 519 g/mol. The minimum absolute atomic E-state index is 0.171. The van der Waals surface area contributed by atoms with Gasteiger partial charge in [-0.1, -0.05) is 65.2 Å². The third-order valence-corrected chi connectivity index (χ3v) is 8.27. The number of benzene rings is 3. The molecule has 3 heterocycles. The maximum Gasteiger partial charge on any atom is 0.238 e. The van der Waals surface area contributed by atoms with Crippen molar-refractivity contribution in [3.05, 3.63) is 98.5 Å². The topological polar surface area (TPSA) is 66.5 Å². The van der Waals surface area contributed by atoms with Crippen molar-refractivity contribution in [1.29, 1.82) is 0 Å². The summed E-state index contributed by atoms with van der Waals surface area (Å²) in [6.45, 7) is 1.46. The number of hydrogen-bond acceptors (Lipinski definition) is 4. The number of anilines is 2. The van der Waals surface area contributed by atoms with Gasteiger partial charge in [0.25, 0.3) is 0 Å². The summed E-state index contributed by atoms with van der Waals surface area (Å²) in [4.78, 5) is 43.7. The van der Waals surface area contributed by atoms with E-state index in [2.05, 4.69) is 5.32 Å². The van der Waals surface area contributed by atoms with Crippen molar-refractivity contribution in [2.45, 2.75) is 24.4 Å². The van der Waals surface area contributed by atoms with Crippen molar-refractivity contribution in [3.63, 3.8) is 0 Å². The maximum atomic E-state index is 14.4. The number of fused-ring (bicyclic) bond motifs is 6. The van der Waals surface area contributed by atoms with Crippen LogP contribution < -0.4 is 10.2 Å². The van der Waals surface area contributed by atoms with E-state index in [0.29, 0.717) is 21.3 Å². The molecule has 6 rings (SSSR count). The van der Waals surface area contributed by atoms with E-state index in [-0.39, 0.29) is 28.1 Å². The van der Waals surface area contributed by atoms with Crippen molar-refractivity contribution < 1.29 is 14.4 Å². The summed E-state index contributed by atoms with van der Waals surface area (Å²) < 4.78 is 0. The number of hydrogen-bond donors (Lipinski definition) is 1. The van der Waals surface area contributed by atoms with Gasteiger partial charge >= 0.3 is 0 Å². The highest BCUT2D eigenvalue weighted by molar-refractivity contribution is 6.37. The molecule has 1 saturated heterocycles. The summed E-state index contributed by atoms with van der Waals surface area (Å²) in [5, 5.41) is 4.08. The van der Waals surface area contributed by atoms with Crippen LogP contribution in [0.2, 0.25) is 15.1 Å². The summed E-state index contributed by atoms with van der Waals surface area (Å²) in [5.41, 5.74) is 1.71. The van der Waals surface area contributed by atoms with E-state index in [9.17, 15) is 14.4 Å². The average molecular weight is 538 g/mol. The number of halogens is 3. The fraction of sp³-hybridized carbons (Fsp3) is 0.179. The summed E-state index contributed by atoms with van der Waals surface area (Å²) >= 11 is 18.8. The second-order valence-corrected chi connectivity index (χ2v) is 10.6. The van der Waals surface area contributed by atoms with Crippen LogP contribution in [0.25, 0.3) is 6.08 Å². The third-order valence-electron chi connectivity index (χ3n) is 7.49. The lowest BCUT2D eigenvalue weighted by Gasteiger charge is -2.37. The second kappa shape index (κ2) is 8.20. The van der Waals surface area contributed by atoms with Crippen LogP contribution in [0.15, 0.2) is 66.7 Å². The molecule has 1 fully saturated rings. The molecule has 4 atom stereocenters. The fourth-order valence-corrected chi connectivity index (χ4v) is 6.84. The van der Waals surface area contributed by atoms with Crippen LogP contribution in [0, 0.1) is 5.92 Å². The number of rotatable bonds is 3. The van der Waals surface area contributed by atoms with Crippen molar-refractivity contribution in [3.8, 4) is 0 Å². The van der Waals surface area contributed by atoms with E-state index >= 15 is 0 Å². The Hall–Kier alpha value is -3.12. The minimum Gasteiger partial charge on any atom is -0.352 e. The van der Waals surface area contributed by atoms with E-state index in [4.69, 9.17) is 34.8 Å². The average Bonchev–Trinajstić information content (AvgIpc) is 3.31. The van der Waals surface area contributed by atoms with E-state index in [1.165, 1.54) is 13.0 Å². The van der Waals surface area contributed by atoms with Gasteiger partial charge in [0.15, 0.2) is 11.6 Å². The Bertz CT molecular complexity index is 1520. The fourth-order valence-electron chi connectivity index (χ4n) is 6.16. The van der Waals surface area contributed by atoms with E-state index < -0.39 is 23.4 Å². The molecule has 3 aliphatic rings. The summed E-state index contributed by atoms with van der Waals surface area (Å²) in [7, 11) is 0. The van der Waals surface area contributed by atoms with Gasteiger partial charge in [0.05, 0.1) is 23.0 Å². The lowest BCUT2D eigenvalue weighted by Crippen LogP contribution is -2.51. The number of para-hydroxylation sites is 1. The number of ketones is 2. The molecule has 36 heavy (non-hydrogen) atoms. The predicted octanol–water partition coefficient (Wildman–Crippen LogP) is 6.21. The molecule has 0 saturated carbocycles. The van der Waals surface area contributed by atoms with Gasteiger partial charge in [0.2, 0.25) is 5.91 Å². The molecule has 3 aromatic carbocycles. The molecule has 0 unspecified atom stereocenters. The van der Waals surface area contributed by atoms with Crippen molar-refractivity contribution in [2.75, 3.05) is 10.2 Å². The first-order valence-electron chi connectivity index (χ1n) is 11.4. The Morgan fingerprint density at radius 1 is 0.972 bits per heavy atom. The smallest absolute Gasteiger partial charge is 0.238 e. The van der Waals surface area contributed by atoms with Crippen molar-refractivity contribution in [1.82, 2.24) is 0 Å². The van der Waals surface area contributed by atoms with Crippen molar-refractivity contribution >= 4 is 69.7 Å². The molecule has 3 aliphatic heterocycles. The summed E-state index contributed by atoms with van der Waals surface area (Å²) in [6.07, 6.45) is 3.80. The number of Topliss-reactive ketones (excluding diaryl/α,β-unsaturated/α-hetero) is 2. The Kier molecular flexibility index (Phi) is 5.31. The van der Waals surface area contributed by atoms with Crippen LogP contribution >= 0.6 is 34.8 Å². The zero-order valence-corrected chi connectivity index (χ0v) is 21.2. The Balaban J connectivity index is 1.66. The normalized spacial score (nSPS) is 25.4. The first-order chi connectivity index (χ1) is 17.2. The predicted molar refractivity (Wildman–Crippen MR) is 142 cm³/mol.